The summed E-state index contributed by atoms with van der Waals surface area (Å²) in [5.41, 5.74) is 0.439. The van der Waals surface area contributed by atoms with Gasteiger partial charge in [0.05, 0.1) is 23.4 Å². The molecule has 3 aromatic rings. The van der Waals surface area contributed by atoms with Crippen molar-refractivity contribution in [2.24, 2.45) is 17.3 Å². The Kier molecular flexibility index (Phi) is 6.12. The van der Waals surface area contributed by atoms with Crippen LogP contribution in [0.2, 0.25) is 10.0 Å². The predicted octanol–water partition coefficient (Wildman–Crippen LogP) is 6.43. The average Bonchev–Trinajstić information content (AvgIpc) is 3.36. The fraction of sp³-hybridized carbons (Fsp3) is 0.480. The van der Waals surface area contributed by atoms with E-state index in [0.29, 0.717) is 45.1 Å². The molecular weight excluding hydrogens is 583 g/mol. The van der Waals surface area contributed by atoms with Gasteiger partial charge in [-0.15, -0.1) is 0 Å². The first-order valence-electron chi connectivity index (χ1n) is 12.3. The highest BCUT2D eigenvalue weighted by molar-refractivity contribution is 9.10. The van der Waals surface area contributed by atoms with E-state index >= 15 is 0 Å². The molecule has 7 rings (SSSR count). The largest absolute Gasteiger partial charge is 0.404 e. The van der Waals surface area contributed by atoms with Crippen molar-refractivity contribution in [1.29, 1.82) is 0 Å². The minimum absolute atomic E-state index is 0.116. The summed E-state index contributed by atoms with van der Waals surface area (Å²) in [4.78, 5) is 24.3. The molecule has 12 heteroatoms. The normalized spacial score (nSPS) is 28.0. The second-order valence-corrected chi connectivity index (χ2v) is 12.7. The van der Waals surface area contributed by atoms with Crippen molar-refractivity contribution >= 4 is 56.7 Å². The maximum atomic E-state index is 13.3. The van der Waals surface area contributed by atoms with Gasteiger partial charge in [0.2, 0.25) is 5.91 Å². The Bertz CT molecular complexity index is 1390. The molecule has 0 saturated heterocycles. The van der Waals surface area contributed by atoms with Crippen molar-refractivity contribution in [2.45, 2.75) is 57.0 Å². The molecule has 37 heavy (non-hydrogen) atoms. The Morgan fingerprint density at radius 2 is 1.86 bits per heavy atom. The van der Waals surface area contributed by atoms with Gasteiger partial charge in [-0.25, -0.2) is 0 Å². The van der Waals surface area contributed by atoms with E-state index in [2.05, 4.69) is 31.4 Å². The monoisotopic (exact) mass is 606 g/mol. The smallest absolute Gasteiger partial charge is 0.358 e. The van der Waals surface area contributed by atoms with Crippen molar-refractivity contribution in [3.8, 4) is 0 Å². The highest BCUT2D eigenvalue weighted by atomic mass is 79.9. The van der Waals surface area contributed by atoms with Crippen molar-refractivity contribution in [3.05, 3.63) is 66.9 Å². The lowest BCUT2D eigenvalue weighted by Gasteiger charge is -2.61. The molecule has 0 aliphatic heterocycles. The van der Waals surface area contributed by atoms with Gasteiger partial charge < -0.3 is 15.4 Å². The summed E-state index contributed by atoms with van der Waals surface area (Å²) in [6, 6.07) is 7.52. The van der Waals surface area contributed by atoms with Crippen LogP contribution in [0.1, 0.15) is 50.5 Å². The van der Waals surface area contributed by atoms with Gasteiger partial charge >= 0.3 is 5.82 Å². The van der Waals surface area contributed by atoms with Crippen LogP contribution < -0.4 is 5.32 Å². The van der Waals surface area contributed by atoms with E-state index in [1.54, 1.807) is 17.1 Å². The molecule has 9 nitrogen and oxygen atoms in total. The molecule has 0 radical (unpaired) electrons. The van der Waals surface area contributed by atoms with Gasteiger partial charge in [-0.2, -0.15) is 9.78 Å². The summed E-state index contributed by atoms with van der Waals surface area (Å²) in [6.45, 7) is 0.441. The molecule has 4 saturated carbocycles. The van der Waals surface area contributed by atoms with Gasteiger partial charge in [-0.05, 0) is 88.3 Å². The molecular formula is C25H25BrCl2N6O3. The van der Waals surface area contributed by atoms with Crippen molar-refractivity contribution in [2.75, 3.05) is 5.32 Å². The third-order valence-corrected chi connectivity index (χ3v) is 9.47. The van der Waals surface area contributed by atoms with Crippen LogP contribution in [0.3, 0.4) is 0 Å². The molecule has 2 atom stereocenters. The third kappa shape index (κ3) is 4.57. The first kappa shape index (κ1) is 24.9. The molecule has 2 heterocycles. The number of nitrogens with zero attached hydrogens (tertiary/aromatic N) is 5. The topological polar surface area (TPSA) is 108 Å². The first-order chi connectivity index (χ1) is 17.6. The van der Waals surface area contributed by atoms with Crippen molar-refractivity contribution < 1.29 is 9.72 Å². The molecule has 0 spiro atoms. The summed E-state index contributed by atoms with van der Waals surface area (Å²) >= 11 is 16.0. The zero-order chi connectivity index (χ0) is 25.9. The number of carbonyl (C=O) groups excluding carboxylic acids is 1. The van der Waals surface area contributed by atoms with Crippen LogP contribution in [0.4, 0.5) is 11.6 Å². The van der Waals surface area contributed by atoms with Crippen LogP contribution in [0.25, 0.3) is 0 Å². The molecule has 4 aliphatic rings. The Hall–Kier alpha value is -2.43. The Balaban J connectivity index is 1.19. The third-order valence-electron chi connectivity index (χ3n) is 8.26. The van der Waals surface area contributed by atoms with E-state index in [9.17, 15) is 14.9 Å². The number of halogens is 3. The van der Waals surface area contributed by atoms with Gasteiger partial charge in [0.25, 0.3) is 0 Å². The van der Waals surface area contributed by atoms with Gasteiger partial charge in [0, 0.05) is 17.6 Å². The minimum Gasteiger partial charge on any atom is -0.358 e. The molecule has 1 N–H and O–H groups in total. The SMILES string of the molecule is O=C(CC12CC3CC(C1)CC(n1cc(Br)c([N+](=O)[O-])n1)(C3)C2)Nc1nn(Cc2ccccc2Cl)cc1Cl. The van der Waals surface area contributed by atoms with E-state index in [1.165, 1.54) is 0 Å². The summed E-state index contributed by atoms with van der Waals surface area (Å²) in [5, 5.41) is 24.2. The maximum Gasteiger partial charge on any atom is 0.404 e. The average molecular weight is 608 g/mol. The lowest BCUT2D eigenvalue weighted by atomic mass is 9.46. The maximum absolute atomic E-state index is 13.3. The zero-order valence-corrected chi connectivity index (χ0v) is 23.0. The van der Waals surface area contributed by atoms with Crippen LogP contribution in [-0.2, 0) is 16.9 Å². The number of hydrogen-bond acceptors (Lipinski definition) is 5. The second kappa shape index (κ2) is 9.10. The highest BCUT2D eigenvalue weighted by Crippen LogP contribution is 2.65. The predicted molar refractivity (Wildman–Crippen MR) is 143 cm³/mol. The van der Waals surface area contributed by atoms with E-state index in [-0.39, 0.29) is 22.7 Å². The molecule has 1 aromatic carbocycles. The number of anilines is 1. The number of carbonyl (C=O) groups is 1. The highest BCUT2D eigenvalue weighted by Gasteiger charge is 2.60. The van der Waals surface area contributed by atoms with Crippen LogP contribution in [0.5, 0.6) is 0 Å². The Morgan fingerprint density at radius 3 is 2.54 bits per heavy atom. The summed E-state index contributed by atoms with van der Waals surface area (Å²) in [5.74, 6) is 1.02. The Labute approximate surface area is 231 Å². The van der Waals surface area contributed by atoms with Crippen molar-refractivity contribution in [1.82, 2.24) is 19.6 Å². The molecule has 194 valence electrons. The lowest BCUT2D eigenvalue weighted by Crippen LogP contribution is -2.57. The molecule has 4 aliphatic carbocycles. The number of rotatable bonds is 7. The molecule has 2 unspecified atom stereocenters. The van der Waals surface area contributed by atoms with Gasteiger partial charge in [-0.1, -0.05) is 41.4 Å². The molecule has 1 amide bonds. The van der Waals surface area contributed by atoms with Crippen LogP contribution in [-0.4, -0.2) is 30.4 Å². The van der Waals surface area contributed by atoms with Gasteiger partial charge in [0.15, 0.2) is 5.82 Å². The number of nitro groups is 1. The zero-order valence-electron chi connectivity index (χ0n) is 19.9. The van der Waals surface area contributed by atoms with Crippen LogP contribution in [0.15, 0.2) is 41.1 Å². The summed E-state index contributed by atoms with van der Waals surface area (Å²) in [7, 11) is 0. The minimum atomic E-state index is -0.459. The number of benzene rings is 1. The fourth-order valence-electron chi connectivity index (χ4n) is 7.47. The molecule has 4 bridgehead atoms. The number of nitrogens with one attached hydrogen (secondary N) is 1. The Morgan fingerprint density at radius 1 is 1.14 bits per heavy atom. The van der Waals surface area contributed by atoms with E-state index in [1.807, 2.05) is 28.9 Å². The first-order valence-corrected chi connectivity index (χ1v) is 13.8. The quantitative estimate of drug-likeness (QED) is 0.246. The second-order valence-electron chi connectivity index (χ2n) is 11.0. The van der Waals surface area contributed by atoms with Crippen LogP contribution >= 0.6 is 39.1 Å². The summed E-state index contributed by atoms with van der Waals surface area (Å²) < 4.78 is 3.87. The number of aromatic nitrogens is 4. The standard InChI is InChI=1S/C25H25BrCl2N6O3/c26-18-12-33(31-23(18)34(36)37)25-8-15-5-16(9-25)7-24(6-15,14-25)10-21(35)29-22-20(28)13-32(30-22)11-17-3-1-2-4-19(17)27/h1-4,12-13,15-16H,5-11,14H2,(H,29,30,35). The fourth-order valence-corrected chi connectivity index (χ4v) is 8.28. The number of hydrogen-bond donors (Lipinski definition) is 1. The molecule has 4 fully saturated rings. The lowest BCUT2D eigenvalue weighted by molar-refractivity contribution is -0.390. The van der Waals surface area contributed by atoms with Gasteiger partial charge in [-0.3, -0.25) is 9.48 Å². The summed E-state index contributed by atoms with van der Waals surface area (Å²) in [6.07, 6.45) is 9.56. The van der Waals surface area contributed by atoms with Gasteiger partial charge in [0.1, 0.15) is 9.50 Å². The van der Waals surface area contributed by atoms with Crippen LogP contribution in [0, 0.1) is 27.4 Å². The van der Waals surface area contributed by atoms with E-state index < -0.39 is 4.92 Å². The van der Waals surface area contributed by atoms with Crippen molar-refractivity contribution in [3.63, 3.8) is 0 Å². The van der Waals surface area contributed by atoms with E-state index in [4.69, 9.17) is 23.2 Å². The number of amides is 1. The molecule has 2 aromatic heterocycles. The van der Waals surface area contributed by atoms with E-state index in [0.717, 1.165) is 44.1 Å².